The van der Waals surface area contributed by atoms with Crippen molar-refractivity contribution in [3.05, 3.63) is 17.1 Å². The minimum absolute atomic E-state index is 0.0143. The lowest BCUT2D eigenvalue weighted by Gasteiger charge is -2.49. The van der Waals surface area contributed by atoms with Gasteiger partial charge >= 0.3 is 11.9 Å². The summed E-state index contributed by atoms with van der Waals surface area (Å²) in [5.41, 5.74) is 9.16. The van der Waals surface area contributed by atoms with Crippen LogP contribution in [-0.4, -0.2) is 109 Å². The first kappa shape index (κ1) is 29.2. The molecule has 2 atom stereocenters. The van der Waals surface area contributed by atoms with E-state index in [1.54, 1.807) is 0 Å². The Morgan fingerprint density at radius 2 is 2.08 bits per heavy atom. The molecule has 214 valence electrons. The summed E-state index contributed by atoms with van der Waals surface area (Å²) >= 11 is 3.24. The maximum absolute atomic E-state index is 13.1. The predicted octanol–water partition coefficient (Wildman–Crippen LogP) is -1.82. The van der Waals surface area contributed by atoms with E-state index in [4.69, 9.17) is 16.3 Å². The monoisotopic (exact) mass is 613 g/mol. The molecule has 0 aliphatic carbocycles. The number of oxime groups is 1. The summed E-state index contributed by atoms with van der Waals surface area (Å²) in [7, 11) is 0. The fraction of sp³-hybridized carbons (Fsp3) is 0.474. The summed E-state index contributed by atoms with van der Waals surface area (Å²) < 4.78 is 5.41. The van der Waals surface area contributed by atoms with Crippen molar-refractivity contribution in [2.75, 3.05) is 23.8 Å². The molecule has 40 heavy (non-hydrogen) atoms. The second-order valence-corrected chi connectivity index (χ2v) is 11.5. The number of hydrogen-bond donors (Lipinski definition) is 5. The highest BCUT2D eigenvalue weighted by molar-refractivity contribution is 8.01. The number of nitrogens with one attached hydrogen (secondary N) is 1. The van der Waals surface area contributed by atoms with Crippen LogP contribution in [-0.2, 0) is 30.6 Å². The number of β-lactam (4-membered cyclic amide) rings is 1. The van der Waals surface area contributed by atoms with Crippen molar-refractivity contribution in [1.82, 2.24) is 39.8 Å². The minimum atomic E-state index is -1.79. The van der Waals surface area contributed by atoms with Crippen LogP contribution < -0.4 is 16.8 Å². The van der Waals surface area contributed by atoms with Crippen LogP contribution in [0.1, 0.15) is 19.7 Å². The fourth-order valence-corrected chi connectivity index (χ4v) is 6.26. The molecular formula is C19H23N11O7S3. The number of thioether (sulfide) groups is 2. The maximum Gasteiger partial charge on any atom is 0.352 e. The zero-order valence-electron chi connectivity index (χ0n) is 20.9. The van der Waals surface area contributed by atoms with E-state index in [2.05, 4.69) is 35.4 Å². The Bertz CT molecular complexity index is 1410. The van der Waals surface area contributed by atoms with Crippen LogP contribution in [0.5, 0.6) is 0 Å². The molecule has 4 rings (SSSR count). The van der Waals surface area contributed by atoms with Crippen LogP contribution in [0.2, 0.25) is 0 Å². The first-order valence-electron chi connectivity index (χ1n) is 11.3. The van der Waals surface area contributed by atoms with Gasteiger partial charge in [0.1, 0.15) is 17.1 Å². The number of carbonyl (C=O) groups excluding carboxylic acids is 2. The Balaban J connectivity index is 1.51. The normalized spacial score (nSPS) is 19.2. The molecule has 1 saturated heterocycles. The average molecular weight is 614 g/mol. The molecule has 0 radical (unpaired) electrons. The first-order valence-corrected chi connectivity index (χ1v) is 14.1. The number of tetrazole rings is 1. The Morgan fingerprint density at radius 3 is 2.70 bits per heavy atom. The van der Waals surface area contributed by atoms with Crippen molar-refractivity contribution in [3.8, 4) is 0 Å². The number of carboxylic acid groups (broad SMARTS) is 2. The summed E-state index contributed by atoms with van der Waals surface area (Å²) in [4.78, 5) is 59.8. The Labute approximate surface area is 237 Å². The molecule has 7 N–H and O–H groups in total. The highest BCUT2D eigenvalue weighted by Gasteiger charge is 2.54. The van der Waals surface area contributed by atoms with Gasteiger partial charge < -0.3 is 31.8 Å². The van der Waals surface area contributed by atoms with Crippen molar-refractivity contribution < 1.29 is 34.2 Å². The highest BCUT2D eigenvalue weighted by Crippen LogP contribution is 2.41. The summed E-state index contributed by atoms with van der Waals surface area (Å²) in [5.74, 6) is -4.01. The molecule has 2 aromatic rings. The van der Waals surface area contributed by atoms with Gasteiger partial charge in [-0.15, -0.1) is 16.9 Å². The third-order valence-corrected chi connectivity index (χ3v) is 8.43. The van der Waals surface area contributed by atoms with Gasteiger partial charge in [0.15, 0.2) is 5.13 Å². The van der Waals surface area contributed by atoms with E-state index in [9.17, 15) is 29.4 Å². The van der Waals surface area contributed by atoms with Crippen LogP contribution >= 0.6 is 35.1 Å². The molecule has 2 aliphatic heterocycles. The number of hydrogen-bond acceptors (Lipinski definition) is 16. The third kappa shape index (κ3) is 5.85. The van der Waals surface area contributed by atoms with Crippen molar-refractivity contribution in [2.24, 2.45) is 10.9 Å². The number of aromatic nitrogens is 6. The smallest absolute Gasteiger partial charge is 0.352 e. The molecule has 0 aromatic carbocycles. The van der Waals surface area contributed by atoms with Crippen molar-refractivity contribution in [2.45, 2.75) is 42.6 Å². The number of carboxylic acids is 2. The lowest BCUT2D eigenvalue weighted by molar-refractivity contribution is -0.161. The number of nitrogens with zero attached hydrogens (tertiary/aromatic N) is 8. The average Bonchev–Trinajstić information content (AvgIpc) is 3.54. The third-order valence-electron chi connectivity index (χ3n) is 5.50. The van der Waals surface area contributed by atoms with Crippen LogP contribution in [0, 0.1) is 0 Å². The van der Waals surface area contributed by atoms with E-state index >= 15 is 0 Å². The van der Waals surface area contributed by atoms with E-state index in [0.717, 1.165) is 16.4 Å². The quantitative estimate of drug-likeness (QED) is 0.0763. The van der Waals surface area contributed by atoms with Crippen LogP contribution in [0.4, 0.5) is 5.13 Å². The lowest BCUT2D eigenvalue weighted by atomic mass is 10.0. The van der Waals surface area contributed by atoms with Gasteiger partial charge in [-0.05, 0) is 29.8 Å². The molecule has 2 aromatic heterocycles. The summed E-state index contributed by atoms with van der Waals surface area (Å²) in [6, 6.07) is -1.11. The van der Waals surface area contributed by atoms with Gasteiger partial charge in [0, 0.05) is 29.6 Å². The molecule has 0 bridgehead atoms. The van der Waals surface area contributed by atoms with Crippen molar-refractivity contribution in [3.63, 3.8) is 0 Å². The van der Waals surface area contributed by atoms with Gasteiger partial charge in [-0.3, -0.25) is 14.5 Å². The first-order chi connectivity index (χ1) is 18.9. The number of aliphatic carboxylic acids is 2. The summed E-state index contributed by atoms with van der Waals surface area (Å²) in [6.45, 7) is 3.14. The number of nitrogens with two attached hydrogens (primary N) is 2. The molecule has 18 nitrogen and oxygen atoms in total. The molecule has 21 heteroatoms. The number of anilines is 1. The Kier molecular flexibility index (Phi) is 8.56. The van der Waals surface area contributed by atoms with Crippen LogP contribution in [0.15, 0.2) is 21.6 Å². The van der Waals surface area contributed by atoms with Gasteiger partial charge in [0.25, 0.3) is 11.8 Å². The largest absolute Gasteiger partial charge is 0.478 e. The number of nitrogen functional groups attached to an aromatic ring is 1. The molecule has 0 spiro atoms. The molecular weight excluding hydrogens is 590 g/mol. The molecule has 0 saturated carbocycles. The molecule has 2 aliphatic rings. The van der Waals surface area contributed by atoms with Gasteiger partial charge in [0.05, 0.1) is 6.54 Å². The predicted molar refractivity (Wildman–Crippen MR) is 141 cm³/mol. The highest BCUT2D eigenvalue weighted by atomic mass is 32.2. The van der Waals surface area contributed by atoms with E-state index in [-0.39, 0.29) is 28.2 Å². The van der Waals surface area contributed by atoms with Crippen LogP contribution in [0.3, 0.4) is 0 Å². The minimum Gasteiger partial charge on any atom is -0.478 e. The number of amides is 2. The topological polar surface area (TPSA) is 267 Å². The van der Waals surface area contributed by atoms with Gasteiger partial charge in [-0.1, -0.05) is 16.9 Å². The standard InChI is InChI=1S/C19H23N11O7S3/c1-19(2,16(35)36)37-25-8(11-23-17(21)40-26-11)12(31)22-9-13(32)30-10(15(33)34)7(5-38-14(9)30)6-39-18-24-27-28-29(18)4-3-20/h9,14H,3-6,20H2,1-2H3,(H,22,31)(H,33,34)(H,35,36)(H2,21,23,26)/b25-8+/t9?,14-/m1/s1. The Hall–Kier alpha value is -3.82. The van der Waals surface area contributed by atoms with Crippen molar-refractivity contribution in [1.29, 1.82) is 0 Å². The summed E-state index contributed by atoms with van der Waals surface area (Å²) in [5, 5.41) is 36.4. The zero-order valence-corrected chi connectivity index (χ0v) is 23.3. The van der Waals surface area contributed by atoms with E-state index < -0.39 is 46.5 Å². The molecule has 1 unspecified atom stereocenters. The van der Waals surface area contributed by atoms with Gasteiger partial charge in [-0.25, -0.2) is 14.3 Å². The maximum atomic E-state index is 13.1. The van der Waals surface area contributed by atoms with Crippen LogP contribution in [0.25, 0.3) is 0 Å². The summed E-state index contributed by atoms with van der Waals surface area (Å²) in [6.07, 6.45) is 0. The number of rotatable bonds is 12. The van der Waals surface area contributed by atoms with E-state index in [1.165, 1.54) is 42.1 Å². The number of fused-ring (bicyclic) bond motifs is 1. The van der Waals surface area contributed by atoms with Gasteiger partial charge in [0.2, 0.25) is 22.3 Å². The number of carbonyl (C=O) groups is 4. The van der Waals surface area contributed by atoms with Gasteiger partial charge in [-0.2, -0.15) is 9.36 Å². The lowest BCUT2D eigenvalue weighted by Crippen LogP contribution is -2.71. The van der Waals surface area contributed by atoms with Crippen molar-refractivity contribution >= 4 is 69.7 Å². The zero-order chi connectivity index (χ0) is 29.2. The Morgan fingerprint density at radius 1 is 1.32 bits per heavy atom. The SMILES string of the molecule is CC(C)(O/N=C(/C(=O)NC1C(=O)N2C(C(=O)O)=C(CSc3nnnn3CCN)CS[C@H]12)c1nsc(N)n1)C(=O)O. The van der Waals surface area contributed by atoms with E-state index in [1.807, 2.05) is 0 Å². The van der Waals surface area contributed by atoms with E-state index in [0.29, 0.717) is 23.8 Å². The molecule has 1 fully saturated rings. The second-order valence-electron chi connectivity index (χ2n) is 8.68. The fourth-order valence-electron chi connectivity index (χ4n) is 3.43. The molecule has 4 heterocycles. The second kappa shape index (κ2) is 11.7. The molecule has 2 amide bonds.